The highest BCUT2D eigenvalue weighted by molar-refractivity contribution is 7.71. The molecule has 4 aromatic rings. The molecule has 0 amide bonds. The van der Waals surface area contributed by atoms with Crippen LogP contribution in [-0.2, 0) is 0 Å². The molecule has 0 saturated carbocycles. The second-order valence-corrected chi connectivity index (χ2v) is 5.60. The maximum Gasteiger partial charge on any atom is 0.198 e. The van der Waals surface area contributed by atoms with Gasteiger partial charge in [0.1, 0.15) is 0 Å². The third-order valence-electron chi connectivity index (χ3n) is 3.73. The molecule has 23 heavy (non-hydrogen) atoms. The van der Waals surface area contributed by atoms with Crippen molar-refractivity contribution in [3.63, 3.8) is 0 Å². The van der Waals surface area contributed by atoms with Crippen LogP contribution >= 0.6 is 12.2 Å². The van der Waals surface area contributed by atoms with Crippen LogP contribution in [0.1, 0.15) is 5.56 Å². The fourth-order valence-corrected chi connectivity index (χ4v) is 2.77. The Bertz CT molecular complexity index is 1040. The molecule has 0 bridgehead atoms. The summed E-state index contributed by atoms with van der Waals surface area (Å²) in [5.74, 6) is 0. The molecule has 0 saturated heterocycles. The molecule has 2 heterocycles. The molecule has 0 fully saturated rings. The van der Waals surface area contributed by atoms with E-state index in [9.17, 15) is 0 Å². The van der Waals surface area contributed by atoms with E-state index >= 15 is 0 Å². The molecule has 0 aliphatic rings. The van der Waals surface area contributed by atoms with Gasteiger partial charge in [-0.15, -0.1) is 0 Å². The predicted octanol–water partition coefficient (Wildman–Crippen LogP) is 4.58. The van der Waals surface area contributed by atoms with Gasteiger partial charge in [-0.05, 0) is 23.8 Å². The number of imidazole rings is 1. The minimum Gasteiger partial charge on any atom is -0.361 e. The van der Waals surface area contributed by atoms with E-state index in [1.54, 1.807) is 4.68 Å². The van der Waals surface area contributed by atoms with Gasteiger partial charge in [-0.1, -0.05) is 48.5 Å². The van der Waals surface area contributed by atoms with Crippen molar-refractivity contribution in [1.82, 2.24) is 14.6 Å². The number of aromatic amines is 2. The summed E-state index contributed by atoms with van der Waals surface area (Å²) in [6, 6.07) is 18.2. The number of fused-ring (bicyclic) bond motifs is 1. The Morgan fingerprint density at radius 3 is 2.65 bits per heavy atom. The summed E-state index contributed by atoms with van der Waals surface area (Å²) >= 11 is 5.35. The van der Waals surface area contributed by atoms with Crippen LogP contribution in [0.3, 0.4) is 0 Å². The minimum atomic E-state index is 0.569. The van der Waals surface area contributed by atoms with Gasteiger partial charge in [0.25, 0.3) is 0 Å². The molecule has 4 rings (SSSR count). The highest BCUT2D eigenvalue weighted by Gasteiger charge is 2.03. The summed E-state index contributed by atoms with van der Waals surface area (Å²) in [7, 11) is 0. The lowest BCUT2D eigenvalue weighted by atomic mass is 10.2. The maximum absolute atomic E-state index is 5.35. The summed E-state index contributed by atoms with van der Waals surface area (Å²) in [4.78, 5) is 6.42. The van der Waals surface area contributed by atoms with Crippen molar-refractivity contribution in [3.8, 4) is 11.3 Å². The van der Waals surface area contributed by atoms with Gasteiger partial charge in [-0.3, -0.25) is 0 Å². The van der Waals surface area contributed by atoms with Gasteiger partial charge < -0.3 is 9.97 Å². The molecule has 0 spiro atoms. The lowest BCUT2D eigenvalue weighted by Crippen LogP contribution is -1.88. The molecule has 0 unspecified atom stereocenters. The highest BCUT2D eigenvalue weighted by Crippen LogP contribution is 2.18. The van der Waals surface area contributed by atoms with Gasteiger partial charge in [-0.2, -0.15) is 5.10 Å². The van der Waals surface area contributed by atoms with Gasteiger partial charge in [0.2, 0.25) is 0 Å². The van der Waals surface area contributed by atoms with Crippen LogP contribution in [0.15, 0.2) is 72.1 Å². The third kappa shape index (κ3) is 2.62. The molecule has 5 heteroatoms. The van der Waals surface area contributed by atoms with Crippen LogP contribution in [0, 0.1) is 4.77 Å². The number of H-pyrrole nitrogens is 2. The SMILES string of the molecule is S=c1[nH]c(-c2ccccc2)cn1/N=C\c1c[nH]c2ccccc12. The lowest BCUT2D eigenvalue weighted by Gasteiger charge is -1.94. The van der Waals surface area contributed by atoms with E-state index in [0.29, 0.717) is 4.77 Å². The van der Waals surface area contributed by atoms with Gasteiger partial charge in [-0.25, -0.2) is 4.68 Å². The Hall–Kier alpha value is -2.92. The first-order valence-electron chi connectivity index (χ1n) is 7.29. The van der Waals surface area contributed by atoms with E-state index in [0.717, 1.165) is 27.7 Å². The van der Waals surface area contributed by atoms with Crippen LogP contribution in [0.2, 0.25) is 0 Å². The van der Waals surface area contributed by atoms with Crippen LogP contribution in [-0.4, -0.2) is 20.9 Å². The van der Waals surface area contributed by atoms with Crippen LogP contribution < -0.4 is 0 Å². The summed E-state index contributed by atoms with van der Waals surface area (Å²) in [5, 5.41) is 5.62. The van der Waals surface area contributed by atoms with Gasteiger partial charge in [0.15, 0.2) is 4.77 Å². The zero-order valence-electron chi connectivity index (χ0n) is 12.2. The molecular formula is C18H14N4S. The van der Waals surface area contributed by atoms with Crippen molar-refractivity contribution < 1.29 is 0 Å². The smallest absolute Gasteiger partial charge is 0.198 e. The lowest BCUT2D eigenvalue weighted by molar-refractivity contribution is 0.864. The average Bonchev–Trinajstić information content (AvgIpc) is 3.17. The average molecular weight is 318 g/mol. The van der Waals surface area contributed by atoms with E-state index in [-0.39, 0.29) is 0 Å². The molecule has 0 aliphatic carbocycles. The molecule has 4 nitrogen and oxygen atoms in total. The first-order valence-corrected chi connectivity index (χ1v) is 7.70. The Morgan fingerprint density at radius 1 is 1.00 bits per heavy atom. The summed E-state index contributed by atoms with van der Waals surface area (Å²) in [6.45, 7) is 0. The molecule has 112 valence electrons. The van der Waals surface area contributed by atoms with E-state index in [1.807, 2.05) is 67.1 Å². The molecule has 0 radical (unpaired) electrons. The summed E-state index contributed by atoms with van der Waals surface area (Å²) in [5.41, 5.74) is 4.16. The van der Waals surface area contributed by atoms with Crippen molar-refractivity contribution in [2.24, 2.45) is 5.10 Å². The molecule has 2 N–H and O–H groups in total. The fourth-order valence-electron chi connectivity index (χ4n) is 2.56. The summed E-state index contributed by atoms with van der Waals surface area (Å²) < 4.78 is 2.25. The quantitative estimate of drug-likeness (QED) is 0.422. The first kappa shape index (κ1) is 13.7. The Morgan fingerprint density at radius 2 is 1.78 bits per heavy atom. The topological polar surface area (TPSA) is 48.9 Å². The van der Waals surface area contributed by atoms with E-state index in [1.165, 1.54) is 0 Å². The van der Waals surface area contributed by atoms with Crippen LogP contribution in [0.4, 0.5) is 0 Å². The number of para-hydroxylation sites is 1. The van der Waals surface area contributed by atoms with Gasteiger partial charge >= 0.3 is 0 Å². The second kappa shape index (κ2) is 5.70. The van der Waals surface area contributed by atoms with Crippen molar-refractivity contribution in [2.75, 3.05) is 0 Å². The maximum atomic E-state index is 5.35. The molecule has 0 atom stereocenters. The number of benzene rings is 2. The normalized spacial score (nSPS) is 11.5. The third-order valence-corrected chi connectivity index (χ3v) is 4.02. The van der Waals surface area contributed by atoms with Crippen molar-refractivity contribution in [3.05, 3.63) is 77.3 Å². The first-order chi connectivity index (χ1) is 11.3. The second-order valence-electron chi connectivity index (χ2n) is 5.22. The van der Waals surface area contributed by atoms with Crippen LogP contribution in [0.25, 0.3) is 22.2 Å². The van der Waals surface area contributed by atoms with Gasteiger partial charge in [0.05, 0.1) is 18.1 Å². The van der Waals surface area contributed by atoms with Crippen molar-refractivity contribution >= 4 is 29.3 Å². The number of nitrogens with one attached hydrogen (secondary N) is 2. The monoisotopic (exact) mass is 318 g/mol. The number of hydrogen-bond acceptors (Lipinski definition) is 2. The zero-order chi connectivity index (χ0) is 15.6. The Balaban J connectivity index is 1.69. The van der Waals surface area contributed by atoms with Crippen molar-refractivity contribution in [2.45, 2.75) is 0 Å². The Labute approximate surface area is 138 Å². The number of aromatic nitrogens is 3. The number of hydrogen-bond donors (Lipinski definition) is 2. The standard InChI is InChI=1S/C18H14N4S/c23-18-21-17(13-6-2-1-3-7-13)12-22(18)20-11-14-10-19-16-9-5-4-8-15(14)16/h1-12,19H,(H,21,23)/b20-11-. The van der Waals surface area contributed by atoms with E-state index < -0.39 is 0 Å². The van der Waals surface area contributed by atoms with E-state index in [4.69, 9.17) is 12.2 Å². The minimum absolute atomic E-state index is 0.569. The summed E-state index contributed by atoms with van der Waals surface area (Å²) in [6.07, 6.45) is 5.67. The fraction of sp³-hybridized carbons (Fsp3) is 0. The van der Waals surface area contributed by atoms with Crippen LogP contribution in [0.5, 0.6) is 0 Å². The molecular weight excluding hydrogens is 304 g/mol. The largest absolute Gasteiger partial charge is 0.361 e. The predicted molar refractivity (Wildman–Crippen MR) is 96.3 cm³/mol. The van der Waals surface area contributed by atoms with Gasteiger partial charge in [0, 0.05) is 22.7 Å². The zero-order valence-corrected chi connectivity index (χ0v) is 13.0. The number of nitrogens with zero attached hydrogens (tertiary/aromatic N) is 2. The molecule has 2 aromatic heterocycles. The Kier molecular flexibility index (Phi) is 3.40. The molecule has 0 aliphatic heterocycles. The van der Waals surface area contributed by atoms with Crippen molar-refractivity contribution in [1.29, 1.82) is 0 Å². The number of rotatable bonds is 3. The van der Waals surface area contributed by atoms with E-state index in [2.05, 4.69) is 21.1 Å². The highest BCUT2D eigenvalue weighted by atomic mass is 32.1. The molecule has 2 aromatic carbocycles.